The molecule has 1 aliphatic heterocycles. The van der Waals surface area contributed by atoms with Crippen molar-refractivity contribution in [2.75, 3.05) is 6.61 Å². The molecule has 0 amide bonds. The molecule has 1 saturated heterocycles. The van der Waals surface area contributed by atoms with E-state index in [1.807, 2.05) is 44.2 Å². The van der Waals surface area contributed by atoms with Gasteiger partial charge in [0, 0.05) is 6.61 Å². The molecule has 2 heteroatoms. The largest absolute Gasteiger partial charge is 0.387 e. The number of ether oxygens (including phenoxy) is 1. The second-order valence-electron chi connectivity index (χ2n) is 4.70. The summed E-state index contributed by atoms with van der Waals surface area (Å²) >= 11 is 0. The summed E-state index contributed by atoms with van der Waals surface area (Å²) in [4.78, 5) is 0. The summed E-state index contributed by atoms with van der Waals surface area (Å²) in [5.41, 5.74) is -0.283. The molecule has 0 bridgehead atoms. The van der Waals surface area contributed by atoms with Crippen molar-refractivity contribution in [3.63, 3.8) is 0 Å². The molecule has 1 aliphatic rings. The van der Waals surface area contributed by atoms with Gasteiger partial charge in [0.1, 0.15) is 5.60 Å². The fourth-order valence-corrected chi connectivity index (χ4v) is 2.41. The lowest BCUT2D eigenvalue weighted by Gasteiger charge is -2.39. The molecule has 0 saturated carbocycles. The minimum Gasteiger partial charge on any atom is -0.387 e. The van der Waals surface area contributed by atoms with Gasteiger partial charge in [0.25, 0.3) is 0 Å². The van der Waals surface area contributed by atoms with Gasteiger partial charge in [-0.1, -0.05) is 30.3 Å². The standard InChI is InChI=1S/C13H18O2/c1-12(2,14)13(9-6-10-15-13)11-7-4-3-5-8-11/h3-5,7-8,14H,6,9-10H2,1-2H3. The van der Waals surface area contributed by atoms with Crippen molar-refractivity contribution in [3.05, 3.63) is 35.9 Å². The molecule has 1 aromatic carbocycles. The average Bonchev–Trinajstić information content (AvgIpc) is 2.68. The highest BCUT2D eigenvalue weighted by atomic mass is 16.5. The Bertz CT molecular complexity index is 318. The molecule has 1 fully saturated rings. The van der Waals surface area contributed by atoms with E-state index in [0.29, 0.717) is 0 Å². The first-order valence-electron chi connectivity index (χ1n) is 5.48. The molecule has 2 rings (SSSR count). The van der Waals surface area contributed by atoms with Crippen molar-refractivity contribution < 1.29 is 9.84 Å². The van der Waals surface area contributed by atoms with Gasteiger partial charge in [-0.25, -0.2) is 0 Å². The first kappa shape index (κ1) is 10.7. The van der Waals surface area contributed by atoms with Crippen LogP contribution in [0.5, 0.6) is 0 Å². The summed E-state index contributed by atoms with van der Waals surface area (Å²) in [6.07, 6.45) is 1.90. The molecule has 1 atom stereocenters. The molecular formula is C13H18O2. The van der Waals surface area contributed by atoms with E-state index < -0.39 is 11.2 Å². The second kappa shape index (κ2) is 3.62. The van der Waals surface area contributed by atoms with Gasteiger partial charge in [-0.05, 0) is 32.3 Å². The van der Waals surface area contributed by atoms with E-state index in [-0.39, 0.29) is 0 Å². The highest BCUT2D eigenvalue weighted by molar-refractivity contribution is 5.27. The predicted molar refractivity (Wildman–Crippen MR) is 59.6 cm³/mol. The van der Waals surface area contributed by atoms with Gasteiger partial charge < -0.3 is 9.84 Å². The summed E-state index contributed by atoms with van der Waals surface area (Å²) < 4.78 is 5.84. The summed E-state index contributed by atoms with van der Waals surface area (Å²) in [5.74, 6) is 0. The van der Waals surface area contributed by atoms with Crippen LogP contribution in [0.25, 0.3) is 0 Å². The molecule has 0 aromatic heterocycles. The van der Waals surface area contributed by atoms with Crippen molar-refractivity contribution in [2.24, 2.45) is 0 Å². The Morgan fingerprint density at radius 1 is 1.27 bits per heavy atom. The molecular weight excluding hydrogens is 188 g/mol. The Labute approximate surface area is 90.9 Å². The Morgan fingerprint density at radius 2 is 1.93 bits per heavy atom. The number of hydrogen-bond donors (Lipinski definition) is 1. The zero-order chi connectivity index (χ0) is 10.9. The van der Waals surface area contributed by atoms with E-state index in [0.717, 1.165) is 25.0 Å². The summed E-state index contributed by atoms with van der Waals surface area (Å²) in [5, 5.41) is 10.3. The van der Waals surface area contributed by atoms with Crippen molar-refractivity contribution in [3.8, 4) is 0 Å². The van der Waals surface area contributed by atoms with Gasteiger partial charge in [0.05, 0.1) is 5.60 Å². The number of benzene rings is 1. The maximum absolute atomic E-state index is 10.3. The van der Waals surface area contributed by atoms with Crippen LogP contribution < -0.4 is 0 Å². The first-order valence-corrected chi connectivity index (χ1v) is 5.48. The van der Waals surface area contributed by atoms with Crippen molar-refractivity contribution >= 4 is 0 Å². The molecule has 1 unspecified atom stereocenters. The van der Waals surface area contributed by atoms with Crippen molar-refractivity contribution in [1.29, 1.82) is 0 Å². The minimum absolute atomic E-state index is 0.520. The van der Waals surface area contributed by atoms with Crippen LogP contribution in [0, 0.1) is 0 Å². The van der Waals surface area contributed by atoms with E-state index in [9.17, 15) is 5.11 Å². The van der Waals surface area contributed by atoms with Crippen LogP contribution >= 0.6 is 0 Å². The number of hydrogen-bond acceptors (Lipinski definition) is 2. The third-order valence-corrected chi connectivity index (χ3v) is 3.25. The Balaban J connectivity index is 2.44. The third kappa shape index (κ3) is 1.68. The van der Waals surface area contributed by atoms with E-state index >= 15 is 0 Å². The van der Waals surface area contributed by atoms with E-state index in [1.165, 1.54) is 0 Å². The molecule has 1 N–H and O–H groups in total. The van der Waals surface area contributed by atoms with E-state index in [4.69, 9.17) is 4.74 Å². The molecule has 15 heavy (non-hydrogen) atoms. The molecule has 1 aromatic rings. The highest BCUT2D eigenvalue weighted by Gasteiger charge is 2.48. The predicted octanol–water partition coefficient (Wildman–Crippen LogP) is 2.46. The van der Waals surface area contributed by atoms with Crippen LogP contribution in [0.15, 0.2) is 30.3 Å². The van der Waals surface area contributed by atoms with Gasteiger partial charge >= 0.3 is 0 Å². The maximum atomic E-state index is 10.3. The number of rotatable bonds is 2. The quantitative estimate of drug-likeness (QED) is 0.805. The molecule has 82 valence electrons. The zero-order valence-corrected chi connectivity index (χ0v) is 9.36. The summed E-state index contributed by atoms with van der Waals surface area (Å²) in [6.45, 7) is 4.38. The van der Waals surface area contributed by atoms with Crippen LogP contribution in [-0.2, 0) is 10.3 Å². The Hall–Kier alpha value is -0.860. The normalized spacial score (nSPS) is 26.9. The smallest absolute Gasteiger partial charge is 0.121 e. The second-order valence-corrected chi connectivity index (χ2v) is 4.70. The van der Waals surface area contributed by atoms with Crippen LogP contribution in [0.3, 0.4) is 0 Å². The van der Waals surface area contributed by atoms with Crippen LogP contribution in [0.4, 0.5) is 0 Å². The molecule has 0 radical (unpaired) electrons. The van der Waals surface area contributed by atoms with E-state index in [2.05, 4.69) is 0 Å². The van der Waals surface area contributed by atoms with Crippen LogP contribution in [0.1, 0.15) is 32.3 Å². The zero-order valence-electron chi connectivity index (χ0n) is 9.36. The molecule has 0 aliphatic carbocycles. The Morgan fingerprint density at radius 3 is 2.40 bits per heavy atom. The Kier molecular flexibility index (Phi) is 2.57. The van der Waals surface area contributed by atoms with Crippen molar-refractivity contribution in [2.45, 2.75) is 37.9 Å². The van der Waals surface area contributed by atoms with Gasteiger partial charge in [0.2, 0.25) is 0 Å². The lowest BCUT2D eigenvalue weighted by atomic mass is 9.78. The van der Waals surface area contributed by atoms with Gasteiger partial charge in [-0.2, -0.15) is 0 Å². The summed E-state index contributed by atoms with van der Waals surface area (Å²) in [7, 11) is 0. The topological polar surface area (TPSA) is 29.5 Å². The minimum atomic E-state index is -0.842. The third-order valence-electron chi connectivity index (χ3n) is 3.25. The lowest BCUT2D eigenvalue weighted by Crippen LogP contribution is -2.46. The van der Waals surface area contributed by atoms with Crippen LogP contribution in [0.2, 0.25) is 0 Å². The van der Waals surface area contributed by atoms with Crippen LogP contribution in [-0.4, -0.2) is 17.3 Å². The fourth-order valence-electron chi connectivity index (χ4n) is 2.41. The summed E-state index contributed by atoms with van der Waals surface area (Å²) in [6, 6.07) is 10.0. The van der Waals surface area contributed by atoms with Crippen molar-refractivity contribution in [1.82, 2.24) is 0 Å². The SMILES string of the molecule is CC(C)(O)C1(c2ccccc2)CCCO1. The lowest BCUT2D eigenvalue weighted by molar-refractivity contribution is -0.147. The van der Waals surface area contributed by atoms with Gasteiger partial charge in [0.15, 0.2) is 0 Å². The van der Waals surface area contributed by atoms with Gasteiger partial charge in [-0.15, -0.1) is 0 Å². The van der Waals surface area contributed by atoms with Gasteiger partial charge in [-0.3, -0.25) is 0 Å². The fraction of sp³-hybridized carbons (Fsp3) is 0.538. The highest BCUT2D eigenvalue weighted by Crippen LogP contribution is 2.44. The first-order chi connectivity index (χ1) is 7.06. The molecule has 1 heterocycles. The molecule has 0 spiro atoms. The number of aliphatic hydroxyl groups is 1. The average molecular weight is 206 g/mol. The van der Waals surface area contributed by atoms with E-state index in [1.54, 1.807) is 0 Å². The monoisotopic (exact) mass is 206 g/mol. The maximum Gasteiger partial charge on any atom is 0.121 e. The molecule has 2 nitrogen and oxygen atoms in total.